The Morgan fingerprint density at radius 1 is 1.56 bits per heavy atom. The number of hydrogen-bond donors (Lipinski definition) is 1. The van der Waals surface area contributed by atoms with Crippen molar-refractivity contribution in [3.63, 3.8) is 0 Å². The zero-order valence-corrected chi connectivity index (χ0v) is 11.3. The summed E-state index contributed by atoms with van der Waals surface area (Å²) in [7, 11) is 3.62. The lowest BCUT2D eigenvalue weighted by Crippen LogP contribution is -2.60. The van der Waals surface area contributed by atoms with Crippen LogP contribution in [0.15, 0.2) is 6.33 Å². The molecule has 0 aliphatic heterocycles. The van der Waals surface area contributed by atoms with Crippen LogP contribution in [0.4, 0.5) is 0 Å². The summed E-state index contributed by atoms with van der Waals surface area (Å²) in [6, 6.07) is 0.385. The summed E-state index contributed by atoms with van der Waals surface area (Å²) in [5.74, 6) is 0.875. The number of ether oxygens (including phenoxy) is 2. The third kappa shape index (κ3) is 3.07. The quantitative estimate of drug-likeness (QED) is 0.750. The van der Waals surface area contributed by atoms with Gasteiger partial charge < -0.3 is 14.8 Å². The van der Waals surface area contributed by atoms with Crippen molar-refractivity contribution in [3.05, 3.63) is 12.2 Å². The third-order valence-corrected chi connectivity index (χ3v) is 3.30. The first-order chi connectivity index (χ1) is 8.74. The molecule has 102 valence electrons. The van der Waals surface area contributed by atoms with Gasteiger partial charge in [-0.15, -0.1) is 0 Å². The van der Waals surface area contributed by atoms with E-state index in [4.69, 9.17) is 9.47 Å². The number of rotatable bonds is 7. The van der Waals surface area contributed by atoms with E-state index in [1.807, 2.05) is 14.0 Å². The Kier molecular flexibility index (Phi) is 4.68. The lowest BCUT2D eigenvalue weighted by molar-refractivity contribution is -0.131. The van der Waals surface area contributed by atoms with Crippen LogP contribution in [0.1, 0.15) is 19.2 Å². The second kappa shape index (κ2) is 6.26. The van der Waals surface area contributed by atoms with Gasteiger partial charge in [0.15, 0.2) is 5.82 Å². The van der Waals surface area contributed by atoms with Crippen molar-refractivity contribution in [2.24, 2.45) is 7.05 Å². The number of hydrogen-bond acceptors (Lipinski definition) is 5. The molecule has 18 heavy (non-hydrogen) atoms. The summed E-state index contributed by atoms with van der Waals surface area (Å²) >= 11 is 0. The fourth-order valence-corrected chi connectivity index (χ4v) is 2.34. The molecule has 0 spiro atoms. The van der Waals surface area contributed by atoms with Gasteiger partial charge in [-0.2, -0.15) is 5.10 Å². The SMILES string of the molecule is CCOC1CC(NCCc2ncn(C)n2)C1OC. The van der Waals surface area contributed by atoms with Gasteiger partial charge in [-0.05, 0) is 13.3 Å². The first kappa shape index (κ1) is 13.5. The average molecular weight is 254 g/mol. The number of aryl methyl sites for hydroxylation is 1. The van der Waals surface area contributed by atoms with Gasteiger partial charge in [-0.1, -0.05) is 0 Å². The van der Waals surface area contributed by atoms with Gasteiger partial charge >= 0.3 is 0 Å². The minimum absolute atomic E-state index is 0.168. The molecular formula is C12H22N4O2. The average Bonchev–Trinajstić information content (AvgIpc) is 2.73. The van der Waals surface area contributed by atoms with Gasteiger partial charge in [0, 0.05) is 39.8 Å². The molecule has 3 unspecified atom stereocenters. The molecule has 0 amide bonds. The zero-order valence-electron chi connectivity index (χ0n) is 11.3. The van der Waals surface area contributed by atoms with Crippen LogP contribution < -0.4 is 5.32 Å². The molecule has 6 heteroatoms. The second-order valence-corrected chi connectivity index (χ2v) is 4.57. The van der Waals surface area contributed by atoms with Crippen molar-refractivity contribution in [3.8, 4) is 0 Å². The van der Waals surface area contributed by atoms with Crippen molar-refractivity contribution in [2.45, 2.75) is 38.0 Å². The van der Waals surface area contributed by atoms with E-state index in [9.17, 15) is 0 Å². The molecule has 6 nitrogen and oxygen atoms in total. The van der Waals surface area contributed by atoms with Crippen LogP contribution in [0.25, 0.3) is 0 Å². The van der Waals surface area contributed by atoms with E-state index >= 15 is 0 Å². The van der Waals surface area contributed by atoms with E-state index < -0.39 is 0 Å². The van der Waals surface area contributed by atoms with Crippen molar-refractivity contribution >= 4 is 0 Å². The third-order valence-electron chi connectivity index (χ3n) is 3.30. The molecule has 1 saturated carbocycles. The van der Waals surface area contributed by atoms with E-state index in [1.54, 1.807) is 18.1 Å². The van der Waals surface area contributed by atoms with Crippen molar-refractivity contribution in [1.29, 1.82) is 0 Å². The highest BCUT2D eigenvalue weighted by Gasteiger charge is 2.41. The van der Waals surface area contributed by atoms with Gasteiger partial charge in [0.25, 0.3) is 0 Å². The maximum absolute atomic E-state index is 5.59. The minimum Gasteiger partial charge on any atom is -0.377 e. The van der Waals surface area contributed by atoms with Crippen LogP contribution in [-0.4, -0.2) is 53.3 Å². The number of nitrogens with one attached hydrogen (secondary N) is 1. The smallest absolute Gasteiger partial charge is 0.151 e. The molecule has 1 aromatic heterocycles. The highest BCUT2D eigenvalue weighted by Crippen LogP contribution is 2.26. The van der Waals surface area contributed by atoms with Crippen LogP contribution in [0.2, 0.25) is 0 Å². The Labute approximate surface area is 108 Å². The highest BCUT2D eigenvalue weighted by atomic mass is 16.5. The molecule has 3 atom stereocenters. The molecule has 2 rings (SSSR count). The molecule has 1 fully saturated rings. The van der Waals surface area contributed by atoms with Crippen LogP contribution in [0.3, 0.4) is 0 Å². The van der Waals surface area contributed by atoms with Crippen LogP contribution in [-0.2, 0) is 22.9 Å². The molecule has 0 saturated heterocycles. The number of nitrogens with zero attached hydrogens (tertiary/aromatic N) is 3. The fraction of sp³-hybridized carbons (Fsp3) is 0.833. The summed E-state index contributed by atoms with van der Waals surface area (Å²) in [6.45, 7) is 3.63. The van der Waals surface area contributed by atoms with Gasteiger partial charge in [-0.3, -0.25) is 4.68 Å². The Bertz CT molecular complexity index is 369. The lowest BCUT2D eigenvalue weighted by atomic mass is 9.85. The topological polar surface area (TPSA) is 61.2 Å². The van der Waals surface area contributed by atoms with Gasteiger partial charge in [0.2, 0.25) is 0 Å². The van der Waals surface area contributed by atoms with Crippen LogP contribution in [0.5, 0.6) is 0 Å². The summed E-state index contributed by atoms with van der Waals surface area (Å²) in [6.07, 6.45) is 3.99. The first-order valence-electron chi connectivity index (χ1n) is 6.47. The van der Waals surface area contributed by atoms with Gasteiger partial charge in [0.05, 0.1) is 12.2 Å². The van der Waals surface area contributed by atoms with Crippen molar-refractivity contribution in [2.75, 3.05) is 20.3 Å². The normalized spacial score (nSPS) is 27.2. The predicted molar refractivity (Wildman–Crippen MR) is 67.3 cm³/mol. The summed E-state index contributed by atoms with van der Waals surface area (Å²) in [5.41, 5.74) is 0. The minimum atomic E-state index is 0.168. The Balaban J connectivity index is 1.68. The molecule has 0 radical (unpaired) electrons. The van der Waals surface area contributed by atoms with Gasteiger partial charge in [-0.25, -0.2) is 4.98 Å². The largest absolute Gasteiger partial charge is 0.377 e. The highest BCUT2D eigenvalue weighted by molar-refractivity contribution is 4.97. The van der Waals surface area contributed by atoms with Crippen molar-refractivity contribution in [1.82, 2.24) is 20.1 Å². The maximum Gasteiger partial charge on any atom is 0.151 e. The fourth-order valence-electron chi connectivity index (χ4n) is 2.34. The molecule has 1 aliphatic carbocycles. The number of methoxy groups -OCH3 is 1. The van der Waals surface area contributed by atoms with E-state index in [1.165, 1.54) is 0 Å². The molecular weight excluding hydrogens is 232 g/mol. The molecule has 0 bridgehead atoms. The number of aromatic nitrogens is 3. The van der Waals surface area contributed by atoms with Crippen LogP contribution in [0, 0.1) is 0 Å². The van der Waals surface area contributed by atoms with Gasteiger partial charge in [0.1, 0.15) is 6.33 Å². The lowest BCUT2D eigenvalue weighted by Gasteiger charge is -2.43. The summed E-state index contributed by atoms with van der Waals surface area (Å²) < 4.78 is 12.8. The standard InChI is InChI=1S/C12H22N4O2/c1-4-18-10-7-9(12(10)17-3)13-6-5-11-14-8-16(2)15-11/h8-10,12-13H,4-7H2,1-3H3. The first-order valence-corrected chi connectivity index (χ1v) is 6.47. The monoisotopic (exact) mass is 254 g/mol. The second-order valence-electron chi connectivity index (χ2n) is 4.57. The predicted octanol–water partition coefficient (Wildman–Crippen LogP) is 0.140. The molecule has 1 aromatic rings. The van der Waals surface area contributed by atoms with Crippen molar-refractivity contribution < 1.29 is 9.47 Å². The van der Waals surface area contributed by atoms with E-state index in [0.717, 1.165) is 31.8 Å². The molecule has 1 aliphatic rings. The molecule has 0 aromatic carbocycles. The molecule has 1 N–H and O–H groups in total. The maximum atomic E-state index is 5.59. The van der Waals surface area contributed by atoms with E-state index in [0.29, 0.717) is 6.04 Å². The Morgan fingerprint density at radius 3 is 3.00 bits per heavy atom. The van der Waals surface area contributed by atoms with E-state index in [2.05, 4.69) is 15.4 Å². The molecule has 1 heterocycles. The Morgan fingerprint density at radius 2 is 2.39 bits per heavy atom. The summed E-state index contributed by atoms with van der Waals surface area (Å²) in [5, 5.41) is 7.72. The van der Waals surface area contributed by atoms with Crippen LogP contribution >= 0.6 is 0 Å². The Hall–Kier alpha value is -0.980. The summed E-state index contributed by atoms with van der Waals surface area (Å²) in [4.78, 5) is 4.20. The van der Waals surface area contributed by atoms with E-state index in [-0.39, 0.29) is 12.2 Å². The zero-order chi connectivity index (χ0) is 13.0.